The second kappa shape index (κ2) is 3.39. The SMILES string of the molecule is NS(=O)(=O)c1ccc2nc3n(c2c1)N=S=C3Cl. The number of fused-ring (bicyclic) bond motifs is 3. The van der Waals surface area contributed by atoms with E-state index >= 15 is 0 Å². The van der Waals surface area contributed by atoms with Gasteiger partial charge in [-0.3, -0.25) is 0 Å². The minimum absolute atomic E-state index is 0.0240. The third kappa shape index (κ3) is 1.61. The number of nitrogens with two attached hydrogens (primary N) is 1. The van der Waals surface area contributed by atoms with Gasteiger partial charge in [-0.25, -0.2) is 23.2 Å². The van der Waals surface area contributed by atoms with E-state index in [1.165, 1.54) is 16.8 Å². The molecule has 0 spiro atoms. The van der Waals surface area contributed by atoms with E-state index in [-0.39, 0.29) is 4.90 Å². The molecule has 0 radical (unpaired) electrons. The average molecular weight is 289 g/mol. The number of hydrogen-bond acceptors (Lipinski definition) is 4. The number of rotatable bonds is 1. The molecule has 2 heterocycles. The van der Waals surface area contributed by atoms with Crippen LogP contribution in [0.3, 0.4) is 0 Å². The van der Waals surface area contributed by atoms with Crippen molar-refractivity contribution in [1.29, 1.82) is 0 Å². The molecule has 0 fully saturated rings. The number of aromatic nitrogens is 2. The van der Waals surface area contributed by atoms with Crippen LogP contribution in [-0.2, 0) is 21.2 Å². The molecule has 17 heavy (non-hydrogen) atoms. The highest BCUT2D eigenvalue weighted by atomic mass is 35.5. The summed E-state index contributed by atoms with van der Waals surface area (Å²) in [6, 6.07) is 4.41. The van der Waals surface area contributed by atoms with Crippen LogP contribution >= 0.6 is 11.6 Å². The predicted molar refractivity (Wildman–Crippen MR) is 66.3 cm³/mol. The first-order valence-electron chi connectivity index (χ1n) is 4.43. The third-order valence-corrected chi connectivity index (χ3v) is 4.18. The summed E-state index contributed by atoms with van der Waals surface area (Å²) in [5.41, 5.74) is 1.18. The monoisotopic (exact) mass is 288 g/mol. The molecule has 0 saturated heterocycles. The van der Waals surface area contributed by atoms with E-state index in [4.69, 9.17) is 16.7 Å². The largest absolute Gasteiger partial charge is 0.238 e. The lowest BCUT2D eigenvalue weighted by atomic mass is 10.3. The number of hydrogen-bond donors (Lipinski definition) is 1. The van der Waals surface area contributed by atoms with Crippen molar-refractivity contribution in [2.45, 2.75) is 4.90 Å². The summed E-state index contributed by atoms with van der Waals surface area (Å²) < 4.78 is 28.5. The van der Waals surface area contributed by atoms with Crippen LogP contribution < -0.4 is 5.14 Å². The first kappa shape index (κ1) is 10.9. The Hall–Kier alpha value is -1.22. The van der Waals surface area contributed by atoms with Crippen LogP contribution in [0.1, 0.15) is 5.82 Å². The molecule has 1 aliphatic heterocycles. The lowest BCUT2D eigenvalue weighted by Gasteiger charge is -1.98. The van der Waals surface area contributed by atoms with E-state index in [2.05, 4.69) is 9.46 Å². The van der Waals surface area contributed by atoms with Crippen molar-refractivity contribution in [1.82, 2.24) is 9.66 Å². The normalized spacial score (nSPS) is 14.6. The maximum atomic E-state index is 11.2. The number of nitrogens with zero attached hydrogens (tertiary/aromatic N) is 3. The highest BCUT2D eigenvalue weighted by Gasteiger charge is 2.19. The first-order chi connectivity index (χ1) is 7.97. The van der Waals surface area contributed by atoms with Gasteiger partial charge in [-0.15, -0.1) is 4.47 Å². The van der Waals surface area contributed by atoms with Crippen molar-refractivity contribution in [3.05, 3.63) is 24.0 Å². The zero-order valence-corrected chi connectivity index (χ0v) is 10.6. The van der Waals surface area contributed by atoms with Gasteiger partial charge in [0.2, 0.25) is 10.0 Å². The van der Waals surface area contributed by atoms with Gasteiger partial charge in [0.1, 0.15) is 0 Å². The molecular formula is C8H5ClN4O2S2. The van der Waals surface area contributed by atoms with Crippen LogP contribution in [0.2, 0.25) is 0 Å². The third-order valence-electron chi connectivity index (χ3n) is 2.31. The van der Waals surface area contributed by atoms with Gasteiger partial charge < -0.3 is 0 Å². The fraction of sp³-hybridized carbons (Fsp3) is 0. The van der Waals surface area contributed by atoms with Gasteiger partial charge >= 0.3 is 0 Å². The predicted octanol–water partition coefficient (Wildman–Crippen LogP) is 0.443. The molecule has 9 heteroatoms. The smallest absolute Gasteiger partial charge is 0.225 e. The maximum Gasteiger partial charge on any atom is 0.238 e. The molecule has 88 valence electrons. The van der Waals surface area contributed by atoms with Crippen molar-refractivity contribution in [3.8, 4) is 0 Å². The fourth-order valence-electron chi connectivity index (χ4n) is 1.55. The van der Waals surface area contributed by atoms with Crippen molar-refractivity contribution in [3.63, 3.8) is 0 Å². The first-order valence-corrected chi connectivity index (χ1v) is 7.13. The Morgan fingerprint density at radius 3 is 2.88 bits per heavy atom. The molecule has 0 atom stereocenters. The minimum atomic E-state index is -3.73. The van der Waals surface area contributed by atoms with Gasteiger partial charge in [-0.2, -0.15) is 0 Å². The molecule has 0 unspecified atom stereocenters. The summed E-state index contributed by atoms with van der Waals surface area (Å²) >= 11 is 6.99. The topological polar surface area (TPSA) is 90.3 Å². The zero-order chi connectivity index (χ0) is 12.2. The van der Waals surface area contributed by atoms with Gasteiger partial charge in [0, 0.05) is 11.1 Å². The molecule has 6 nitrogen and oxygen atoms in total. The van der Waals surface area contributed by atoms with Crippen LogP contribution in [-0.4, -0.2) is 22.4 Å². The van der Waals surface area contributed by atoms with Crippen molar-refractivity contribution in [2.75, 3.05) is 0 Å². The molecule has 2 aromatic rings. The van der Waals surface area contributed by atoms with E-state index in [1.54, 1.807) is 6.07 Å². The van der Waals surface area contributed by atoms with E-state index in [9.17, 15) is 8.42 Å². The maximum absolute atomic E-state index is 11.2. The summed E-state index contributed by atoms with van der Waals surface area (Å²) in [4.78, 5) is 4.27. The highest BCUT2D eigenvalue weighted by Crippen LogP contribution is 2.22. The molecule has 0 saturated carbocycles. The van der Waals surface area contributed by atoms with Crippen LogP contribution in [0, 0.1) is 0 Å². The molecule has 0 aliphatic carbocycles. The lowest BCUT2D eigenvalue weighted by Crippen LogP contribution is -2.11. The van der Waals surface area contributed by atoms with Crippen LogP contribution in [0.5, 0.6) is 0 Å². The van der Waals surface area contributed by atoms with Gasteiger partial charge in [-0.05, 0) is 18.2 Å². The molecule has 1 aromatic heterocycles. The second-order valence-corrected chi connectivity index (χ2v) is 6.31. The van der Waals surface area contributed by atoms with E-state index in [0.29, 0.717) is 21.2 Å². The van der Waals surface area contributed by atoms with Gasteiger partial charge in [0.05, 0.1) is 15.9 Å². The van der Waals surface area contributed by atoms with Crippen LogP contribution in [0.4, 0.5) is 0 Å². The number of benzene rings is 1. The number of sulfonamides is 1. The highest BCUT2D eigenvalue weighted by molar-refractivity contribution is 7.89. The Kier molecular flexibility index (Phi) is 2.17. The minimum Gasteiger partial charge on any atom is -0.225 e. The second-order valence-electron chi connectivity index (χ2n) is 3.39. The molecule has 1 aliphatic rings. The quantitative estimate of drug-likeness (QED) is 0.610. The molecule has 1 aromatic carbocycles. The summed E-state index contributed by atoms with van der Waals surface area (Å²) in [6.45, 7) is 0. The standard InChI is InChI=1S/C8H5ClN4O2S2/c9-7-8-11-5-2-1-4(17(10,14)15)3-6(5)13(8)12-16-7/h1-3H,(H2,10,14,15). The molecule has 2 N–H and O–H groups in total. The van der Waals surface area contributed by atoms with Crippen molar-refractivity contribution in [2.24, 2.45) is 9.61 Å². The number of halogens is 1. The number of primary sulfonamides is 1. The molecular weight excluding hydrogens is 284 g/mol. The zero-order valence-electron chi connectivity index (χ0n) is 8.16. The average Bonchev–Trinajstić information content (AvgIpc) is 2.77. The summed E-state index contributed by atoms with van der Waals surface area (Å²) in [6.07, 6.45) is 0. The van der Waals surface area contributed by atoms with Crippen LogP contribution in [0.15, 0.2) is 27.6 Å². The van der Waals surface area contributed by atoms with E-state index < -0.39 is 10.0 Å². The molecule has 0 bridgehead atoms. The Morgan fingerprint density at radius 1 is 1.41 bits per heavy atom. The Bertz CT molecular complexity index is 817. The fourth-order valence-corrected chi connectivity index (χ4v) is 2.83. The van der Waals surface area contributed by atoms with E-state index in [1.807, 2.05) is 0 Å². The van der Waals surface area contributed by atoms with Crippen LogP contribution in [0.25, 0.3) is 11.0 Å². The van der Waals surface area contributed by atoms with Gasteiger partial charge in [-0.1, -0.05) is 11.6 Å². The Morgan fingerprint density at radius 2 is 2.18 bits per heavy atom. The molecule has 0 amide bonds. The summed E-state index contributed by atoms with van der Waals surface area (Å²) in [5, 5.41) is 5.06. The van der Waals surface area contributed by atoms with Gasteiger partial charge in [0.25, 0.3) is 0 Å². The van der Waals surface area contributed by atoms with Crippen molar-refractivity contribution < 1.29 is 8.42 Å². The van der Waals surface area contributed by atoms with Gasteiger partial charge in [0.15, 0.2) is 10.1 Å². The summed E-state index contributed by atoms with van der Waals surface area (Å²) in [7, 11) is -3.73. The molecule has 3 rings (SSSR count). The Labute approximate surface area is 105 Å². The number of imidazole rings is 1. The Balaban J connectivity index is 2.35. The lowest BCUT2D eigenvalue weighted by molar-refractivity contribution is 0.598. The van der Waals surface area contributed by atoms with Crippen molar-refractivity contribution >= 4 is 48.1 Å². The van der Waals surface area contributed by atoms with E-state index in [0.717, 1.165) is 11.1 Å². The summed E-state index contributed by atoms with van der Waals surface area (Å²) in [5.74, 6) is 0.512.